The molecule has 13 aromatic rings. The molecule has 13 rings (SSSR count). The number of fused-ring (bicyclic) bond motifs is 10. The second-order valence-corrected chi connectivity index (χ2v) is 16.0. The lowest BCUT2D eigenvalue weighted by Crippen LogP contribution is -2.00. The molecule has 0 fully saturated rings. The SMILES string of the molecule is c1ccc(-c2nc(-c3ccc(-n4c5ccccc5c5c6c7ccccc7n(-c7ccccc7)c6ccc54)cc3)nc(-c3ccc4c(c3)oc3c(-c5ccccc5)cccc34)n2)cc1. The van der Waals surface area contributed by atoms with Crippen LogP contribution in [0.15, 0.2) is 217 Å². The molecule has 4 aromatic heterocycles. The number of nitrogens with zero attached hydrogens (tertiary/aromatic N) is 5. The van der Waals surface area contributed by atoms with Gasteiger partial charge in [0.1, 0.15) is 11.2 Å². The molecule has 0 atom stereocenters. The van der Waals surface area contributed by atoms with E-state index in [1.807, 2.05) is 36.4 Å². The summed E-state index contributed by atoms with van der Waals surface area (Å²) < 4.78 is 11.4. The zero-order chi connectivity index (χ0) is 41.4. The zero-order valence-corrected chi connectivity index (χ0v) is 33.9. The fraction of sp³-hybridized carbons (Fsp3) is 0. The summed E-state index contributed by atoms with van der Waals surface area (Å²) in [6.07, 6.45) is 0. The second-order valence-electron chi connectivity index (χ2n) is 16.0. The second kappa shape index (κ2) is 14.0. The molecule has 9 aromatic carbocycles. The standard InChI is InChI=1S/C57H35N5O/c1-4-15-36(16-5-1)42-23-14-24-44-43-32-29-39(35-51(43)63-54(42)44)57-59-55(37-17-6-2-7-18-37)58-56(60-57)38-27-30-41(31-28-38)62-48-26-13-11-22-46(48)53-50(62)34-33-49-52(53)45-21-10-12-25-47(45)61(49)40-19-8-3-9-20-40/h1-35H. The van der Waals surface area contributed by atoms with Crippen LogP contribution in [0.25, 0.3) is 122 Å². The molecule has 294 valence electrons. The average molecular weight is 806 g/mol. The first-order valence-corrected chi connectivity index (χ1v) is 21.2. The average Bonchev–Trinajstić information content (AvgIpc) is 4.02. The van der Waals surface area contributed by atoms with Crippen LogP contribution in [0.5, 0.6) is 0 Å². The predicted molar refractivity (Wildman–Crippen MR) is 258 cm³/mol. The van der Waals surface area contributed by atoms with Gasteiger partial charge in [0.05, 0.1) is 22.1 Å². The number of para-hydroxylation sites is 4. The smallest absolute Gasteiger partial charge is 0.164 e. The molecule has 0 aliphatic heterocycles. The lowest BCUT2D eigenvalue weighted by molar-refractivity contribution is 0.670. The van der Waals surface area contributed by atoms with E-state index in [-0.39, 0.29) is 0 Å². The van der Waals surface area contributed by atoms with Crippen molar-refractivity contribution in [3.8, 4) is 56.7 Å². The molecule has 0 aliphatic rings. The highest BCUT2D eigenvalue weighted by atomic mass is 16.3. The van der Waals surface area contributed by atoms with E-state index >= 15 is 0 Å². The maximum atomic E-state index is 6.63. The monoisotopic (exact) mass is 805 g/mol. The Labute approximate surface area is 361 Å². The molecule has 63 heavy (non-hydrogen) atoms. The molecule has 0 saturated carbocycles. The van der Waals surface area contributed by atoms with Gasteiger partial charge in [0.25, 0.3) is 0 Å². The van der Waals surface area contributed by atoms with E-state index in [9.17, 15) is 0 Å². The van der Waals surface area contributed by atoms with Crippen molar-refractivity contribution in [3.63, 3.8) is 0 Å². The van der Waals surface area contributed by atoms with E-state index in [2.05, 4.69) is 185 Å². The first-order chi connectivity index (χ1) is 31.2. The molecule has 0 unspecified atom stereocenters. The quantitative estimate of drug-likeness (QED) is 0.168. The Morgan fingerprint density at radius 1 is 0.317 bits per heavy atom. The van der Waals surface area contributed by atoms with Gasteiger partial charge in [-0.2, -0.15) is 0 Å². The van der Waals surface area contributed by atoms with Crippen molar-refractivity contribution >= 4 is 65.6 Å². The minimum Gasteiger partial charge on any atom is -0.455 e. The van der Waals surface area contributed by atoms with E-state index in [0.717, 1.165) is 72.2 Å². The van der Waals surface area contributed by atoms with Gasteiger partial charge in [-0.25, -0.2) is 15.0 Å². The third kappa shape index (κ3) is 5.55. The Kier molecular flexibility index (Phi) is 7.80. The Balaban J connectivity index is 0.949. The van der Waals surface area contributed by atoms with E-state index in [1.54, 1.807) is 0 Å². The van der Waals surface area contributed by atoms with Crippen LogP contribution in [-0.2, 0) is 0 Å². The van der Waals surface area contributed by atoms with Crippen molar-refractivity contribution in [2.45, 2.75) is 0 Å². The topological polar surface area (TPSA) is 61.7 Å². The lowest BCUT2D eigenvalue weighted by atomic mass is 10.0. The molecule has 6 nitrogen and oxygen atoms in total. The lowest BCUT2D eigenvalue weighted by Gasteiger charge is -2.11. The van der Waals surface area contributed by atoms with Crippen LogP contribution in [0.4, 0.5) is 0 Å². The zero-order valence-electron chi connectivity index (χ0n) is 33.9. The summed E-state index contributed by atoms with van der Waals surface area (Å²) in [6, 6.07) is 74.3. The van der Waals surface area contributed by atoms with Crippen LogP contribution in [0.3, 0.4) is 0 Å². The highest BCUT2D eigenvalue weighted by molar-refractivity contribution is 6.29. The van der Waals surface area contributed by atoms with Gasteiger partial charge in [-0.15, -0.1) is 0 Å². The Bertz CT molecular complexity index is 3890. The fourth-order valence-electron chi connectivity index (χ4n) is 9.54. The van der Waals surface area contributed by atoms with E-state index in [0.29, 0.717) is 17.5 Å². The van der Waals surface area contributed by atoms with Crippen LogP contribution in [-0.4, -0.2) is 24.1 Å². The maximum absolute atomic E-state index is 6.63. The molecule has 0 spiro atoms. The van der Waals surface area contributed by atoms with E-state index in [1.165, 1.54) is 32.6 Å². The molecule has 0 N–H and O–H groups in total. The summed E-state index contributed by atoms with van der Waals surface area (Å²) >= 11 is 0. The third-order valence-corrected chi connectivity index (χ3v) is 12.4. The van der Waals surface area contributed by atoms with Gasteiger partial charge in [-0.3, -0.25) is 0 Å². The minimum atomic E-state index is 0.578. The molecule has 0 aliphatic carbocycles. The van der Waals surface area contributed by atoms with E-state index < -0.39 is 0 Å². The first-order valence-electron chi connectivity index (χ1n) is 21.2. The number of aromatic nitrogens is 5. The third-order valence-electron chi connectivity index (χ3n) is 12.4. The van der Waals surface area contributed by atoms with Gasteiger partial charge >= 0.3 is 0 Å². The number of rotatable bonds is 6. The summed E-state index contributed by atoms with van der Waals surface area (Å²) in [5.41, 5.74) is 13.4. The van der Waals surface area contributed by atoms with E-state index in [4.69, 9.17) is 19.4 Å². The molecular weight excluding hydrogens is 771 g/mol. The fourth-order valence-corrected chi connectivity index (χ4v) is 9.54. The van der Waals surface area contributed by atoms with Crippen LogP contribution in [0.2, 0.25) is 0 Å². The van der Waals surface area contributed by atoms with Gasteiger partial charge < -0.3 is 13.6 Å². The molecule has 4 heterocycles. The molecule has 0 bridgehead atoms. The molecule has 0 radical (unpaired) electrons. The largest absolute Gasteiger partial charge is 0.455 e. The van der Waals surface area contributed by atoms with Crippen LogP contribution in [0.1, 0.15) is 0 Å². The first kappa shape index (κ1) is 35.2. The van der Waals surface area contributed by atoms with Gasteiger partial charge in [0.15, 0.2) is 17.5 Å². The number of furan rings is 1. The summed E-state index contributed by atoms with van der Waals surface area (Å²) in [7, 11) is 0. The van der Waals surface area contributed by atoms with Gasteiger partial charge in [-0.05, 0) is 78.4 Å². The Hall–Kier alpha value is -8.61. The van der Waals surface area contributed by atoms with Gasteiger partial charge in [-0.1, -0.05) is 140 Å². The number of hydrogen-bond donors (Lipinski definition) is 0. The van der Waals surface area contributed by atoms with Crippen molar-refractivity contribution in [3.05, 3.63) is 212 Å². The highest BCUT2D eigenvalue weighted by Crippen LogP contribution is 2.43. The molecular formula is C57H35N5O. The number of hydrogen-bond acceptors (Lipinski definition) is 4. The van der Waals surface area contributed by atoms with Crippen LogP contribution >= 0.6 is 0 Å². The summed E-state index contributed by atoms with van der Waals surface area (Å²) in [4.78, 5) is 15.3. The normalized spacial score (nSPS) is 11.8. The maximum Gasteiger partial charge on any atom is 0.164 e. The van der Waals surface area contributed by atoms with Crippen molar-refractivity contribution in [1.82, 2.24) is 24.1 Å². The number of benzene rings is 9. The molecule has 0 amide bonds. The Morgan fingerprint density at radius 3 is 1.41 bits per heavy atom. The summed E-state index contributed by atoms with van der Waals surface area (Å²) in [5, 5.41) is 7.06. The van der Waals surface area contributed by atoms with Gasteiger partial charge in [0.2, 0.25) is 0 Å². The summed E-state index contributed by atoms with van der Waals surface area (Å²) in [6.45, 7) is 0. The predicted octanol–water partition coefficient (Wildman–Crippen LogP) is 14.6. The van der Waals surface area contributed by atoms with Crippen molar-refractivity contribution in [1.29, 1.82) is 0 Å². The van der Waals surface area contributed by atoms with Crippen molar-refractivity contribution in [2.24, 2.45) is 0 Å². The summed E-state index contributed by atoms with van der Waals surface area (Å²) in [5.74, 6) is 1.78. The molecule has 6 heteroatoms. The van der Waals surface area contributed by atoms with Crippen molar-refractivity contribution < 1.29 is 4.42 Å². The highest BCUT2D eigenvalue weighted by Gasteiger charge is 2.21. The van der Waals surface area contributed by atoms with Crippen LogP contribution < -0.4 is 0 Å². The van der Waals surface area contributed by atoms with Crippen LogP contribution in [0, 0.1) is 0 Å². The van der Waals surface area contributed by atoms with Gasteiger partial charge in [0, 0.05) is 65.9 Å². The van der Waals surface area contributed by atoms with Crippen molar-refractivity contribution in [2.75, 3.05) is 0 Å². The minimum absolute atomic E-state index is 0.578. The Morgan fingerprint density at radius 2 is 0.794 bits per heavy atom. The molecule has 0 saturated heterocycles.